The van der Waals surface area contributed by atoms with Gasteiger partial charge in [-0.2, -0.15) is 0 Å². The van der Waals surface area contributed by atoms with Crippen molar-refractivity contribution in [2.24, 2.45) is 0 Å². The van der Waals surface area contributed by atoms with E-state index in [0.29, 0.717) is 11.1 Å². The number of H-pyrrole nitrogens is 1. The van der Waals surface area contributed by atoms with Crippen LogP contribution in [0.5, 0.6) is 0 Å². The van der Waals surface area contributed by atoms with Crippen LogP contribution in [0.4, 0.5) is 4.39 Å². The molecule has 1 heterocycles. The molecule has 2 aromatic carbocycles. The van der Waals surface area contributed by atoms with Crippen LogP contribution in [-0.2, 0) is 4.79 Å². The maximum Gasteiger partial charge on any atom is 0.303 e. The van der Waals surface area contributed by atoms with E-state index < -0.39 is 17.8 Å². The summed E-state index contributed by atoms with van der Waals surface area (Å²) in [6.45, 7) is 0. The number of fused-ring (bicyclic) bond motifs is 1. The Morgan fingerprint density at radius 3 is 2.68 bits per heavy atom. The van der Waals surface area contributed by atoms with E-state index in [1.807, 2.05) is 0 Å². The first-order valence-corrected chi connectivity index (χ1v) is 7.74. The monoisotopic (exact) mass is 341 g/mol. The number of aromatic amines is 1. The van der Waals surface area contributed by atoms with Crippen LogP contribution >= 0.6 is 0 Å². The number of amides is 1. The smallest absolute Gasteiger partial charge is 0.303 e. The van der Waals surface area contributed by atoms with Gasteiger partial charge in [0.25, 0.3) is 5.91 Å². The Kier molecular flexibility index (Phi) is 4.74. The number of carbonyl (C=O) groups excluding carboxylic acids is 1. The topological polar surface area (TPSA) is 95.1 Å². The third kappa shape index (κ3) is 4.00. The predicted octanol–water partition coefficient (Wildman–Crippen LogP) is 3.04. The molecule has 1 atom stereocenters. The van der Waals surface area contributed by atoms with E-state index in [1.165, 1.54) is 12.1 Å². The summed E-state index contributed by atoms with van der Waals surface area (Å²) in [5, 5.41) is 11.7. The lowest BCUT2D eigenvalue weighted by molar-refractivity contribution is -0.137. The number of benzene rings is 2. The van der Waals surface area contributed by atoms with E-state index in [2.05, 4.69) is 15.3 Å². The fraction of sp³-hybridized carbons (Fsp3) is 0.167. The van der Waals surface area contributed by atoms with E-state index in [-0.39, 0.29) is 18.7 Å². The van der Waals surface area contributed by atoms with Crippen molar-refractivity contribution < 1.29 is 19.1 Å². The molecule has 0 aliphatic rings. The zero-order chi connectivity index (χ0) is 17.8. The van der Waals surface area contributed by atoms with E-state index in [1.54, 1.807) is 36.7 Å². The van der Waals surface area contributed by atoms with Gasteiger partial charge >= 0.3 is 5.97 Å². The number of aliphatic carboxylic acids is 1. The Hall–Kier alpha value is -3.22. The summed E-state index contributed by atoms with van der Waals surface area (Å²) < 4.78 is 13.1. The van der Waals surface area contributed by atoms with Crippen molar-refractivity contribution in [2.75, 3.05) is 0 Å². The summed E-state index contributed by atoms with van der Waals surface area (Å²) in [6.07, 6.45) is 1.64. The van der Waals surface area contributed by atoms with Crippen molar-refractivity contribution in [3.05, 3.63) is 65.7 Å². The van der Waals surface area contributed by atoms with Gasteiger partial charge in [-0.05, 0) is 42.3 Å². The van der Waals surface area contributed by atoms with Gasteiger partial charge in [-0.25, -0.2) is 9.37 Å². The first-order chi connectivity index (χ1) is 12.0. The average Bonchev–Trinajstić information content (AvgIpc) is 3.06. The highest BCUT2D eigenvalue weighted by Crippen LogP contribution is 2.20. The highest BCUT2D eigenvalue weighted by molar-refractivity contribution is 5.97. The molecule has 3 N–H and O–H groups in total. The second-order valence-electron chi connectivity index (χ2n) is 5.64. The Balaban J connectivity index is 1.81. The standard InChI is InChI=1S/C18H16FN3O3/c19-13-4-1-11(2-5-13)14(7-8-17(23)24)22-18(25)12-3-6-15-16(9-12)21-10-20-15/h1-6,9-10,14H,7-8H2,(H,20,21)(H,22,25)(H,23,24). The number of nitrogens with zero attached hydrogens (tertiary/aromatic N) is 1. The molecular weight excluding hydrogens is 325 g/mol. The van der Waals surface area contributed by atoms with Gasteiger partial charge in [-0.3, -0.25) is 9.59 Å². The number of carbonyl (C=O) groups is 2. The minimum absolute atomic E-state index is 0.109. The second-order valence-corrected chi connectivity index (χ2v) is 5.64. The lowest BCUT2D eigenvalue weighted by Gasteiger charge is -2.18. The number of hydrogen-bond donors (Lipinski definition) is 3. The van der Waals surface area contributed by atoms with Gasteiger partial charge < -0.3 is 15.4 Å². The molecule has 0 fully saturated rings. The van der Waals surface area contributed by atoms with Crippen LogP contribution in [0.3, 0.4) is 0 Å². The fourth-order valence-electron chi connectivity index (χ4n) is 2.60. The number of imidazole rings is 1. The van der Waals surface area contributed by atoms with Crippen LogP contribution in [0.1, 0.15) is 34.8 Å². The Morgan fingerprint density at radius 2 is 1.96 bits per heavy atom. The number of hydrogen-bond acceptors (Lipinski definition) is 3. The lowest BCUT2D eigenvalue weighted by atomic mass is 10.0. The molecule has 25 heavy (non-hydrogen) atoms. The number of carboxylic acid groups (broad SMARTS) is 1. The first kappa shape index (κ1) is 16.6. The predicted molar refractivity (Wildman–Crippen MR) is 89.6 cm³/mol. The van der Waals surface area contributed by atoms with Crippen molar-refractivity contribution in [2.45, 2.75) is 18.9 Å². The zero-order valence-electron chi connectivity index (χ0n) is 13.2. The molecule has 7 heteroatoms. The fourth-order valence-corrected chi connectivity index (χ4v) is 2.60. The van der Waals surface area contributed by atoms with Crippen molar-refractivity contribution in [1.29, 1.82) is 0 Å². The molecule has 1 unspecified atom stereocenters. The van der Waals surface area contributed by atoms with Gasteiger partial charge in [0.05, 0.1) is 23.4 Å². The van der Waals surface area contributed by atoms with Crippen molar-refractivity contribution in [3.63, 3.8) is 0 Å². The highest BCUT2D eigenvalue weighted by atomic mass is 19.1. The number of rotatable bonds is 6. The van der Waals surface area contributed by atoms with Crippen LogP contribution in [0, 0.1) is 5.82 Å². The summed E-state index contributed by atoms with van der Waals surface area (Å²) in [6, 6.07) is 10.2. The molecule has 3 aromatic rings. The number of nitrogens with one attached hydrogen (secondary N) is 2. The van der Waals surface area contributed by atoms with Gasteiger partial charge in [0, 0.05) is 12.0 Å². The second kappa shape index (κ2) is 7.12. The molecule has 0 spiro atoms. The van der Waals surface area contributed by atoms with Gasteiger partial charge in [0.15, 0.2) is 0 Å². The lowest BCUT2D eigenvalue weighted by Crippen LogP contribution is -2.29. The van der Waals surface area contributed by atoms with Crippen LogP contribution < -0.4 is 5.32 Å². The normalized spacial score (nSPS) is 12.0. The van der Waals surface area contributed by atoms with Gasteiger partial charge in [0.1, 0.15) is 5.82 Å². The molecule has 0 radical (unpaired) electrons. The largest absolute Gasteiger partial charge is 0.481 e. The van der Waals surface area contributed by atoms with Crippen LogP contribution in [0.25, 0.3) is 11.0 Å². The first-order valence-electron chi connectivity index (χ1n) is 7.74. The number of carboxylic acids is 1. The minimum atomic E-state index is -0.958. The molecule has 1 amide bonds. The van der Waals surface area contributed by atoms with E-state index in [9.17, 15) is 14.0 Å². The van der Waals surface area contributed by atoms with Crippen LogP contribution in [0.2, 0.25) is 0 Å². The summed E-state index contributed by atoms with van der Waals surface area (Å²) in [4.78, 5) is 30.4. The molecule has 0 aliphatic carbocycles. The maximum atomic E-state index is 13.1. The number of halogens is 1. The molecule has 6 nitrogen and oxygen atoms in total. The molecule has 1 aromatic heterocycles. The third-order valence-electron chi connectivity index (χ3n) is 3.91. The minimum Gasteiger partial charge on any atom is -0.481 e. The average molecular weight is 341 g/mol. The molecule has 128 valence electrons. The van der Waals surface area contributed by atoms with Crippen molar-refractivity contribution >= 4 is 22.9 Å². The third-order valence-corrected chi connectivity index (χ3v) is 3.91. The van der Waals surface area contributed by atoms with Gasteiger partial charge in [-0.1, -0.05) is 12.1 Å². The van der Waals surface area contributed by atoms with Crippen molar-refractivity contribution in [1.82, 2.24) is 15.3 Å². The molecular formula is C18H16FN3O3. The molecule has 0 bridgehead atoms. The van der Waals surface area contributed by atoms with E-state index >= 15 is 0 Å². The molecule has 0 saturated carbocycles. The Labute approximate surface area is 142 Å². The summed E-state index contributed by atoms with van der Waals surface area (Å²) in [5.74, 6) is -1.69. The van der Waals surface area contributed by atoms with Gasteiger partial charge in [0.2, 0.25) is 0 Å². The molecule has 0 aliphatic heterocycles. The van der Waals surface area contributed by atoms with Crippen LogP contribution in [0.15, 0.2) is 48.8 Å². The van der Waals surface area contributed by atoms with Gasteiger partial charge in [-0.15, -0.1) is 0 Å². The molecule has 0 saturated heterocycles. The van der Waals surface area contributed by atoms with E-state index in [0.717, 1.165) is 11.0 Å². The summed E-state index contributed by atoms with van der Waals surface area (Å²) >= 11 is 0. The van der Waals surface area contributed by atoms with E-state index in [4.69, 9.17) is 5.11 Å². The quantitative estimate of drug-likeness (QED) is 0.642. The Morgan fingerprint density at radius 1 is 1.20 bits per heavy atom. The Bertz CT molecular complexity index is 905. The SMILES string of the molecule is O=C(O)CCC(NC(=O)c1ccc2nc[nH]c2c1)c1ccc(F)cc1. The zero-order valence-corrected chi connectivity index (χ0v) is 13.2. The van der Waals surface area contributed by atoms with Crippen LogP contribution in [-0.4, -0.2) is 27.0 Å². The molecule has 3 rings (SSSR count). The summed E-state index contributed by atoms with van der Waals surface area (Å²) in [5.41, 5.74) is 2.56. The number of aromatic nitrogens is 2. The van der Waals surface area contributed by atoms with Crippen molar-refractivity contribution in [3.8, 4) is 0 Å². The maximum absolute atomic E-state index is 13.1. The summed E-state index contributed by atoms with van der Waals surface area (Å²) in [7, 11) is 0. The highest BCUT2D eigenvalue weighted by Gasteiger charge is 2.17.